The highest BCUT2D eigenvalue weighted by Gasteiger charge is 2.32. The van der Waals surface area contributed by atoms with Crippen molar-refractivity contribution in [2.45, 2.75) is 25.5 Å². The molecule has 0 aliphatic carbocycles. The number of aliphatic carboxylic acids is 1. The van der Waals surface area contributed by atoms with E-state index in [1.54, 1.807) is 13.2 Å². The van der Waals surface area contributed by atoms with Crippen LogP contribution >= 0.6 is 23.2 Å². The number of ether oxygens (including phenoxy) is 2. The van der Waals surface area contributed by atoms with E-state index in [2.05, 4.69) is 4.90 Å². The van der Waals surface area contributed by atoms with E-state index in [9.17, 15) is 9.90 Å². The van der Waals surface area contributed by atoms with E-state index in [-0.39, 0.29) is 6.04 Å². The van der Waals surface area contributed by atoms with Crippen LogP contribution in [0.2, 0.25) is 10.0 Å². The molecule has 1 aliphatic rings. The van der Waals surface area contributed by atoms with Crippen LogP contribution in [0, 0.1) is 5.92 Å². The van der Waals surface area contributed by atoms with Crippen LogP contribution in [0.25, 0.3) is 0 Å². The summed E-state index contributed by atoms with van der Waals surface area (Å²) in [6.07, 6.45) is 1.47. The molecule has 0 aromatic heterocycles. The Balaban J connectivity index is 1.68. The van der Waals surface area contributed by atoms with Crippen molar-refractivity contribution in [1.82, 2.24) is 4.90 Å². The molecule has 1 saturated heterocycles. The van der Waals surface area contributed by atoms with Gasteiger partial charge in [0.05, 0.1) is 19.1 Å². The Bertz CT molecular complexity index is 1140. The van der Waals surface area contributed by atoms with E-state index < -0.39 is 11.9 Å². The molecule has 1 heterocycles. The number of carbonyl (C=O) groups is 1. The van der Waals surface area contributed by atoms with Gasteiger partial charge in [-0.1, -0.05) is 65.7 Å². The third kappa shape index (κ3) is 5.66. The molecule has 4 rings (SSSR count). The van der Waals surface area contributed by atoms with Gasteiger partial charge in [0.1, 0.15) is 6.61 Å². The summed E-state index contributed by atoms with van der Waals surface area (Å²) >= 11 is 12.8. The molecule has 3 aromatic rings. The van der Waals surface area contributed by atoms with E-state index >= 15 is 0 Å². The minimum Gasteiger partial charge on any atom is -0.493 e. The van der Waals surface area contributed by atoms with Gasteiger partial charge in [-0.05, 0) is 60.3 Å². The van der Waals surface area contributed by atoms with Crippen LogP contribution in [0.4, 0.5) is 0 Å². The predicted molar refractivity (Wildman–Crippen MR) is 134 cm³/mol. The van der Waals surface area contributed by atoms with E-state index in [1.165, 1.54) is 0 Å². The zero-order chi connectivity index (χ0) is 24.1. The van der Waals surface area contributed by atoms with Crippen LogP contribution in [0.5, 0.6) is 11.5 Å². The van der Waals surface area contributed by atoms with Crippen molar-refractivity contribution in [1.29, 1.82) is 0 Å². The van der Waals surface area contributed by atoms with Gasteiger partial charge in [-0.15, -0.1) is 0 Å². The molecule has 2 unspecified atom stereocenters. The maximum atomic E-state index is 11.7. The van der Waals surface area contributed by atoms with Crippen molar-refractivity contribution < 1.29 is 19.4 Å². The average Bonchev–Trinajstić information content (AvgIpc) is 2.85. The molecule has 178 valence electrons. The number of carboxylic acids is 1. The normalized spacial score (nSPS) is 17.2. The third-order valence-electron chi connectivity index (χ3n) is 6.16. The summed E-state index contributed by atoms with van der Waals surface area (Å²) < 4.78 is 11.7. The Morgan fingerprint density at radius 2 is 1.88 bits per heavy atom. The smallest absolute Gasteiger partial charge is 0.307 e. The van der Waals surface area contributed by atoms with Crippen LogP contribution in [-0.2, 0) is 11.4 Å². The van der Waals surface area contributed by atoms with Gasteiger partial charge in [0.25, 0.3) is 0 Å². The molecule has 5 nitrogen and oxygen atoms in total. The molecule has 3 aromatic carbocycles. The fraction of sp³-hybridized carbons (Fsp3) is 0.296. The first-order chi connectivity index (χ1) is 16.5. The van der Waals surface area contributed by atoms with Gasteiger partial charge < -0.3 is 14.6 Å². The summed E-state index contributed by atoms with van der Waals surface area (Å²) in [6, 6.07) is 21.0. The molecule has 1 fully saturated rings. The van der Waals surface area contributed by atoms with Crippen LogP contribution in [-0.4, -0.2) is 36.2 Å². The first kappa shape index (κ1) is 24.4. The number of halogens is 2. The Kier molecular flexibility index (Phi) is 7.99. The highest BCUT2D eigenvalue weighted by atomic mass is 35.5. The number of hydrogen-bond donors (Lipinski definition) is 1. The molecule has 0 radical (unpaired) electrons. The largest absolute Gasteiger partial charge is 0.493 e. The van der Waals surface area contributed by atoms with Crippen LogP contribution in [0.15, 0.2) is 66.7 Å². The van der Waals surface area contributed by atoms with Gasteiger partial charge in [0.2, 0.25) is 0 Å². The summed E-state index contributed by atoms with van der Waals surface area (Å²) in [5.74, 6) is 0.0546. The van der Waals surface area contributed by atoms with Crippen molar-refractivity contribution in [2.75, 3.05) is 20.2 Å². The molecule has 34 heavy (non-hydrogen) atoms. The lowest BCUT2D eigenvalue weighted by Gasteiger charge is -2.38. The number of hydrogen-bond acceptors (Lipinski definition) is 4. The van der Waals surface area contributed by atoms with Gasteiger partial charge in [0.15, 0.2) is 11.5 Å². The second kappa shape index (κ2) is 11.1. The number of rotatable bonds is 8. The lowest BCUT2D eigenvalue weighted by Crippen LogP contribution is -2.41. The number of methoxy groups -OCH3 is 1. The van der Waals surface area contributed by atoms with Crippen molar-refractivity contribution in [3.05, 3.63) is 93.5 Å². The van der Waals surface area contributed by atoms with E-state index in [1.807, 2.05) is 60.7 Å². The molecule has 0 saturated carbocycles. The van der Waals surface area contributed by atoms with E-state index in [4.69, 9.17) is 32.7 Å². The molecule has 0 spiro atoms. The highest BCUT2D eigenvalue weighted by Crippen LogP contribution is 2.40. The first-order valence-corrected chi connectivity index (χ1v) is 12.0. The maximum Gasteiger partial charge on any atom is 0.307 e. The number of benzene rings is 3. The first-order valence-electron chi connectivity index (χ1n) is 11.2. The third-order valence-corrected chi connectivity index (χ3v) is 6.73. The molecular weight excluding hydrogens is 473 g/mol. The van der Waals surface area contributed by atoms with Crippen molar-refractivity contribution >= 4 is 29.2 Å². The molecule has 7 heteroatoms. The Labute approximate surface area is 209 Å². The quantitative estimate of drug-likeness (QED) is 0.384. The summed E-state index contributed by atoms with van der Waals surface area (Å²) in [5, 5.41) is 10.7. The summed E-state index contributed by atoms with van der Waals surface area (Å²) in [7, 11) is 1.61. The van der Waals surface area contributed by atoms with Gasteiger partial charge in [-0.25, -0.2) is 0 Å². The second-order valence-electron chi connectivity index (χ2n) is 8.43. The fourth-order valence-corrected chi connectivity index (χ4v) is 4.97. The molecule has 2 atom stereocenters. The lowest BCUT2D eigenvalue weighted by atomic mass is 9.91. The summed E-state index contributed by atoms with van der Waals surface area (Å²) in [6.45, 7) is 1.63. The molecule has 1 aliphatic heterocycles. The number of piperidine rings is 1. The Morgan fingerprint density at radius 3 is 2.59 bits per heavy atom. The highest BCUT2D eigenvalue weighted by molar-refractivity contribution is 6.35. The zero-order valence-corrected chi connectivity index (χ0v) is 20.4. The van der Waals surface area contributed by atoms with Crippen molar-refractivity contribution in [3.8, 4) is 11.5 Å². The standard InChI is InChI=1S/C27H27Cl2NO4/c1-33-25-14-19(9-12-24(25)34-17-18-6-3-2-4-7-18)26(22-11-10-21(28)15-23(22)29)30-13-5-8-20(16-30)27(31)32/h2-4,6-7,9-12,14-15,20,26H,5,8,13,16-17H2,1H3,(H,31,32). The molecular formula is C27H27Cl2NO4. The van der Waals surface area contributed by atoms with Gasteiger partial charge in [-0.3, -0.25) is 9.69 Å². The Morgan fingerprint density at radius 1 is 1.09 bits per heavy atom. The van der Waals surface area contributed by atoms with Gasteiger partial charge >= 0.3 is 5.97 Å². The monoisotopic (exact) mass is 499 g/mol. The minimum absolute atomic E-state index is 0.246. The van der Waals surface area contributed by atoms with Gasteiger partial charge in [0, 0.05) is 16.6 Å². The minimum atomic E-state index is -0.770. The predicted octanol–water partition coefficient (Wildman–Crippen LogP) is 6.47. The number of nitrogens with zero attached hydrogens (tertiary/aromatic N) is 1. The number of likely N-dealkylation sites (tertiary alicyclic amines) is 1. The maximum absolute atomic E-state index is 11.7. The second-order valence-corrected chi connectivity index (χ2v) is 9.27. The Hall–Kier alpha value is -2.73. The van der Waals surface area contributed by atoms with Gasteiger partial charge in [-0.2, -0.15) is 0 Å². The van der Waals surface area contributed by atoms with E-state index in [0.29, 0.717) is 41.1 Å². The molecule has 1 N–H and O–H groups in total. The van der Waals surface area contributed by atoms with E-state index in [0.717, 1.165) is 29.7 Å². The summed E-state index contributed by atoms with van der Waals surface area (Å²) in [4.78, 5) is 13.9. The summed E-state index contributed by atoms with van der Waals surface area (Å²) in [5.41, 5.74) is 2.88. The number of carboxylic acid groups (broad SMARTS) is 1. The molecule has 0 bridgehead atoms. The van der Waals surface area contributed by atoms with Crippen LogP contribution < -0.4 is 9.47 Å². The van der Waals surface area contributed by atoms with Crippen molar-refractivity contribution in [2.24, 2.45) is 5.92 Å². The van der Waals surface area contributed by atoms with Crippen molar-refractivity contribution in [3.63, 3.8) is 0 Å². The topological polar surface area (TPSA) is 59.0 Å². The SMILES string of the molecule is COc1cc(C(c2ccc(Cl)cc2Cl)N2CCCC(C(=O)O)C2)ccc1OCc1ccccc1. The average molecular weight is 500 g/mol. The zero-order valence-electron chi connectivity index (χ0n) is 18.9. The fourth-order valence-electron chi connectivity index (χ4n) is 4.46. The van der Waals surface area contributed by atoms with Crippen LogP contribution in [0.3, 0.4) is 0 Å². The van der Waals surface area contributed by atoms with Crippen LogP contribution in [0.1, 0.15) is 35.6 Å². The molecule has 0 amide bonds. The lowest BCUT2D eigenvalue weighted by molar-refractivity contribution is -0.143.